The third kappa shape index (κ3) is 3.45. The Morgan fingerprint density at radius 1 is 1.00 bits per heavy atom. The lowest BCUT2D eigenvalue weighted by atomic mass is 9.99. The Kier molecular flexibility index (Phi) is 4.34. The van der Waals surface area contributed by atoms with E-state index in [0.717, 1.165) is 62.9 Å². The van der Waals surface area contributed by atoms with Crippen molar-refractivity contribution in [3.63, 3.8) is 0 Å². The van der Waals surface area contributed by atoms with Gasteiger partial charge >= 0.3 is 0 Å². The summed E-state index contributed by atoms with van der Waals surface area (Å²) in [6.45, 7) is 1.55. The minimum atomic E-state index is 0.118. The molecule has 27 heavy (non-hydrogen) atoms. The molecule has 2 heterocycles. The van der Waals surface area contributed by atoms with Gasteiger partial charge in [0.25, 0.3) is 5.91 Å². The third-order valence-electron chi connectivity index (χ3n) is 5.97. The van der Waals surface area contributed by atoms with Crippen LogP contribution in [0.4, 0.5) is 0 Å². The van der Waals surface area contributed by atoms with Gasteiger partial charge in [-0.3, -0.25) is 4.79 Å². The van der Waals surface area contributed by atoms with Crippen molar-refractivity contribution < 1.29 is 9.53 Å². The molecule has 0 bridgehead atoms. The van der Waals surface area contributed by atoms with Gasteiger partial charge in [-0.25, -0.2) is 4.68 Å². The van der Waals surface area contributed by atoms with Gasteiger partial charge < -0.3 is 9.64 Å². The standard InChI is InChI=1S/C21H26N4O2/c26-21(15-5-7-17(8-6-15)27-18-9-10-18)24-13-11-16(12-14-24)25-20-4-2-1-3-19(20)22-23-25/h5-8,16,18H,1-4,9-14H2. The maximum atomic E-state index is 12.8. The van der Waals surface area contributed by atoms with Gasteiger partial charge in [0.1, 0.15) is 5.75 Å². The molecule has 0 atom stereocenters. The highest BCUT2D eigenvalue weighted by atomic mass is 16.5. The zero-order valence-electron chi connectivity index (χ0n) is 15.6. The van der Waals surface area contributed by atoms with Crippen molar-refractivity contribution in [1.29, 1.82) is 0 Å². The Morgan fingerprint density at radius 2 is 1.74 bits per heavy atom. The first kappa shape index (κ1) is 16.8. The van der Waals surface area contributed by atoms with Gasteiger partial charge in [0.05, 0.1) is 23.5 Å². The number of aryl methyl sites for hydroxylation is 1. The van der Waals surface area contributed by atoms with Gasteiger partial charge in [-0.05, 0) is 75.6 Å². The summed E-state index contributed by atoms with van der Waals surface area (Å²) < 4.78 is 7.92. The number of hydrogen-bond acceptors (Lipinski definition) is 4. The molecule has 0 unspecified atom stereocenters. The average Bonchev–Trinajstić information content (AvgIpc) is 3.43. The van der Waals surface area contributed by atoms with Gasteiger partial charge in [-0.15, -0.1) is 5.10 Å². The summed E-state index contributed by atoms with van der Waals surface area (Å²) >= 11 is 0. The zero-order chi connectivity index (χ0) is 18.2. The van der Waals surface area contributed by atoms with Crippen LogP contribution < -0.4 is 4.74 Å². The van der Waals surface area contributed by atoms with E-state index in [1.54, 1.807) is 0 Å². The van der Waals surface area contributed by atoms with E-state index in [0.29, 0.717) is 12.1 Å². The van der Waals surface area contributed by atoms with E-state index < -0.39 is 0 Å². The van der Waals surface area contributed by atoms with E-state index in [2.05, 4.69) is 15.0 Å². The van der Waals surface area contributed by atoms with Crippen molar-refractivity contribution in [3.8, 4) is 5.75 Å². The number of ether oxygens (including phenoxy) is 1. The van der Waals surface area contributed by atoms with Crippen LogP contribution in [0.3, 0.4) is 0 Å². The molecule has 1 amide bonds. The molecule has 1 saturated heterocycles. The first-order valence-corrected chi connectivity index (χ1v) is 10.3. The van der Waals surface area contributed by atoms with Gasteiger partial charge in [0.15, 0.2) is 0 Å². The summed E-state index contributed by atoms with van der Waals surface area (Å²) in [6, 6.07) is 7.98. The van der Waals surface area contributed by atoms with Crippen LogP contribution in [0.2, 0.25) is 0 Å². The zero-order valence-corrected chi connectivity index (χ0v) is 15.6. The second-order valence-corrected chi connectivity index (χ2v) is 8.00. The van der Waals surface area contributed by atoms with Gasteiger partial charge in [0.2, 0.25) is 0 Å². The largest absolute Gasteiger partial charge is 0.490 e. The topological polar surface area (TPSA) is 60.2 Å². The number of fused-ring (bicyclic) bond motifs is 1. The van der Waals surface area contributed by atoms with Crippen LogP contribution in [0.25, 0.3) is 0 Å². The molecule has 142 valence electrons. The fourth-order valence-corrected chi connectivity index (χ4v) is 4.23. The first-order chi connectivity index (χ1) is 13.3. The molecule has 0 N–H and O–H groups in total. The van der Waals surface area contributed by atoms with Crippen LogP contribution >= 0.6 is 0 Å². The highest BCUT2D eigenvalue weighted by molar-refractivity contribution is 5.94. The highest BCUT2D eigenvalue weighted by Gasteiger charge is 2.28. The first-order valence-electron chi connectivity index (χ1n) is 10.3. The monoisotopic (exact) mass is 366 g/mol. The molecule has 2 fully saturated rings. The smallest absolute Gasteiger partial charge is 0.253 e. The van der Waals surface area contributed by atoms with Crippen LogP contribution in [-0.4, -0.2) is 45.0 Å². The van der Waals surface area contributed by atoms with Crippen LogP contribution in [-0.2, 0) is 12.8 Å². The SMILES string of the molecule is O=C(c1ccc(OC2CC2)cc1)N1CCC(n2nnc3c2CCCC3)CC1. The maximum Gasteiger partial charge on any atom is 0.253 e. The number of piperidine rings is 1. The maximum absolute atomic E-state index is 12.8. The molecular weight excluding hydrogens is 340 g/mol. The number of nitrogens with zero attached hydrogens (tertiary/aromatic N) is 4. The fraction of sp³-hybridized carbons (Fsp3) is 0.571. The van der Waals surface area contributed by atoms with Gasteiger partial charge in [-0.1, -0.05) is 5.21 Å². The number of carbonyl (C=O) groups excluding carboxylic acids is 1. The second-order valence-electron chi connectivity index (χ2n) is 8.00. The number of hydrogen-bond donors (Lipinski definition) is 0. The van der Waals surface area contributed by atoms with Crippen molar-refractivity contribution in [3.05, 3.63) is 41.2 Å². The minimum absolute atomic E-state index is 0.118. The normalized spacial score (nSPS) is 20.4. The Morgan fingerprint density at radius 3 is 2.48 bits per heavy atom. The molecular formula is C21H26N4O2. The molecule has 1 aromatic heterocycles. The Hall–Kier alpha value is -2.37. The molecule has 0 spiro atoms. The lowest BCUT2D eigenvalue weighted by molar-refractivity contribution is 0.0688. The second kappa shape index (κ2) is 6.98. The number of benzene rings is 1. The van der Waals surface area contributed by atoms with Crippen LogP contribution in [0.15, 0.2) is 24.3 Å². The molecule has 6 heteroatoms. The Balaban J connectivity index is 1.21. The van der Waals surface area contributed by atoms with E-state index in [1.165, 1.54) is 24.2 Å². The van der Waals surface area contributed by atoms with Crippen LogP contribution in [0.5, 0.6) is 5.75 Å². The summed E-state index contributed by atoms with van der Waals surface area (Å²) in [5, 5.41) is 8.82. The number of likely N-dealkylation sites (tertiary alicyclic amines) is 1. The molecule has 1 saturated carbocycles. The lowest BCUT2D eigenvalue weighted by Crippen LogP contribution is -2.39. The van der Waals surface area contributed by atoms with Crippen molar-refractivity contribution in [2.45, 2.75) is 63.5 Å². The van der Waals surface area contributed by atoms with Gasteiger partial charge in [0, 0.05) is 18.7 Å². The molecule has 1 aliphatic heterocycles. The quantitative estimate of drug-likeness (QED) is 0.834. The molecule has 3 aliphatic rings. The summed E-state index contributed by atoms with van der Waals surface area (Å²) in [5.41, 5.74) is 3.26. The number of aromatic nitrogens is 3. The predicted octanol–water partition coefficient (Wildman–Crippen LogP) is 3.18. The van der Waals surface area contributed by atoms with E-state index >= 15 is 0 Å². The van der Waals surface area contributed by atoms with E-state index in [9.17, 15) is 4.79 Å². The Bertz CT molecular complexity index is 817. The number of rotatable bonds is 4. The van der Waals surface area contributed by atoms with E-state index in [1.807, 2.05) is 29.2 Å². The van der Waals surface area contributed by atoms with E-state index in [4.69, 9.17) is 4.74 Å². The summed E-state index contributed by atoms with van der Waals surface area (Å²) in [4.78, 5) is 14.8. The fourth-order valence-electron chi connectivity index (χ4n) is 4.23. The molecule has 2 aromatic rings. The van der Waals surface area contributed by atoms with Crippen LogP contribution in [0, 0.1) is 0 Å². The van der Waals surface area contributed by atoms with Crippen molar-refractivity contribution in [2.75, 3.05) is 13.1 Å². The predicted molar refractivity (Wildman–Crippen MR) is 101 cm³/mol. The molecule has 5 rings (SSSR count). The Labute approximate surface area is 159 Å². The molecule has 0 radical (unpaired) electrons. The summed E-state index contributed by atoms with van der Waals surface area (Å²) in [7, 11) is 0. The molecule has 6 nitrogen and oxygen atoms in total. The lowest BCUT2D eigenvalue weighted by Gasteiger charge is -2.33. The number of amides is 1. The van der Waals surface area contributed by atoms with Crippen LogP contribution in [0.1, 0.15) is 66.3 Å². The highest BCUT2D eigenvalue weighted by Crippen LogP contribution is 2.29. The molecule has 1 aromatic carbocycles. The van der Waals surface area contributed by atoms with Crippen molar-refractivity contribution in [1.82, 2.24) is 19.9 Å². The van der Waals surface area contributed by atoms with E-state index in [-0.39, 0.29) is 5.91 Å². The average molecular weight is 366 g/mol. The van der Waals surface area contributed by atoms with Crippen molar-refractivity contribution in [2.24, 2.45) is 0 Å². The van der Waals surface area contributed by atoms with Crippen molar-refractivity contribution >= 4 is 5.91 Å². The summed E-state index contributed by atoms with van der Waals surface area (Å²) in [6.07, 6.45) is 9.18. The van der Waals surface area contributed by atoms with Gasteiger partial charge in [-0.2, -0.15) is 0 Å². The third-order valence-corrected chi connectivity index (χ3v) is 5.97. The minimum Gasteiger partial charge on any atom is -0.490 e. The summed E-state index contributed by atoms with van der Waals surface area (Å²) in [5.74, 6) is 0.982. The number of carbonyl (C=O) groups is 1. The molecule has 2 aliphatic carbocycles.